The molecule has 0 atom stereocenters. The van der Waals surface area contributed by atoms with Gasteiger partial charge in [0.15, 0.2) is 6.61 Å². The summed E-state index contributed by atoms with van der Waals surface area (Å²) in [7, 11) is 0. The Morgan fingerprint density at radius 1 is 1.21 bits per heavy atom. The van der Waals surface area contributed by atoms with E-state index < -0.39 is 0 Å². The maximum absolute atomic E-state index is 12.0. The summed E-state index contributed by atoms with van der Waals surface area (Å²) >= 11 is 3.43. The predicted octanol–water partition coefficient (Wildman–Crippen LogP) is 4.46. The smallest absolute Gasteiger partial charge is 0.277 e. The number of ether oxygens (including phenoxy) is 1. The van der Waals surface area contributed by atoms with E-state index in [0.29, 0.717) is 5.75 Å². The lowest BCUT2D eigenvalue weighted by Crippen LogP contribution is -2.26. The van der Waals surface area contributed by atoms with Crippen LogP contribution in [0.5, 0.6) is 5.75 Å². The van der Waals surface area contributed by atoms with Gasteiger partial charge in [0.05, 0.1) is 5.71 Å². The number of nitrogens with one attached hydrogen (secondary N) is 1. The maximum atomic E-state index is 12.0. The van der Waals surface area contributed by atoms with Crippen LogP contribution in [0, 0.1) is 6.92 Å². The molecule has 0 saturated heterocycles. The van der Waals surface area contributed by atoms with E-state index in [1.165, 1.54) is 0 Å². The minimum absolute atomic E-state index is 0.0707. The number of amides is 1. The summed E-state index contributed by atoms with van der Waals surface area (Å²) in [6.45, 7) is 3.98. The van der Waals surface area contributed by atoms with Gasteiger partial charge in [0.2, 0.25) is 0 Å². The number of benzene rings is 2. The van der Waals surface area contributed by atoms with Crippen molar-refractivity contribution in [3.05, 3.63) is 64.1 Å². The number of hydrogen-bond donors (Lipinski definition) is 1. The Morgan fingerprint density at radius 3 is 2.62 bits per heavy atom. The standard InChI is InChI=1S/C19H21BrN2O2/c1-3-7-18(15-8-5-4-6-9-15)21-22-19(23)13-24-16-10-11-17(20)14(2)12-16/h4-6,8-12H,3,7,13H2,1-2H3,(H,22,23). The third-order valence-electron chi connectivity index (χ3n) is 3.41. The highest BCUT2D eigenvalue weighted by Crippen LogP contribution is 2.21. The van der Waals surface area contributed by atoms with E-state index in [1.807, 2.05) is 55.5 Å². The second-order valence-corrected chi connectivity index (χ2v) is 6.26. The van der Waals surface area contributed by atoms with Crippen LogP contribution in [0.4, 0.5) is 0 Å². The Morgan fingerprint density at radius 2 is 1.96 bits per heavy atom. The molecule has 0 aliphatic carbocycles. The summed E-state index contributed by atoms with van der Waals surface area (Å²) in [5.74, 6) is 0.381. The zero-order chi connectivity index (χ0) is 17.4. The van der Waals surface area contributed by atoms with E-state index in [-0.39, 0.29) is 12.5 Å². The highest BCUT2D eigenvalue weighted by Gasteiger charge is 2.06. The van der Waals surface area contributed by atoms with Crippen molar-refractivity contribution in [3.63, 3.8) is 0 Å². The molecule has 0 aliphatic rings. The van der Waals surface area contributed by atoms with Gasteiger partial charge in [-0.3, -0.25) is 4.79 Å². The molecule has 0 aliphatic heterocycles. The molecule has 24 heavy (non-hydrogen) atoms. The van der Waals surface area contributed by atoms with Gasteiger partial charge in [0.1, 0.15) is 5.75 Å². The molecule has 0 radical (unpaired) electrons. The first-order chi connectivity index (χ1) is 11.6. The predicted molar refractivity (Wildman–Crippen MR) is 100 cm³/mol. The van der Waals surface area contributed by atoms with Crippen LogP contribution in [0.1, 0.15) is 30.9 Å². The summed E-state index contributed by atoms with van der Waals surface area (Å²) in [5.41, 5.74) is 5.52. The van der Waals surface area contributed by atoms with Crippen LogP contribution in [-0.2, 0) is 4.79 Å². The first kappa shape index (κ1) is 18.2. The van der Waals surface area contributed by atoms with E-state index in [4.69, 9.17) is 4.74 Å². The third kappa shape index (κ3) is 5.49. The average Bonchev–Trinajstić information content (AvgIpc) is 2.60. The molecule has 4 nitrogen and oxygen atoms in total. The number of aryl methyl sites for hydroxylation is 1. The highest BCUT2D eigenvalue weighted by atomic mass is 79.9. The minimum Gasteiger partial charge on any atom is -0.484 e. The van der Waals surface area contributed by atoms with Crippen LogP contribution in [0.3, 0.4) is 0 Å². The Labute approximate surface area is 151 Å². The molecule has 2 aromatic carbocycles. The Hall–Kier alpha value is -2.14. The first-order valence-electron chi connectivity index (χ1n) is 7.90. The number of halogens is 1. The van der Waals surface area contributed by atoms with Crippen molar-refractivity contribution in [1.82, 2.24) is 5.43 Å². The average molecular weight is 389 g/mol. The Kier molecular flexibility index (Phi) is 7.00. The highest BCUT2D eigenvalue weighted by molar-refractivity contribution is 9.10. The summed E-state index contributed by atoms with van der Waals surface area (Å²) < 4.78 is 6.51. The number of hydrogen-bond acceptors (Lipinski definition) is 3. The van der Waals surface area contributed by atoms with Gasteiger partial charge >= 0.3 is 0 Å². The Balaban J connectivity index is 1.93. The lowest BCUT2D eigenvalue weighted by molar-refractivity contribution is -0.123. The van der Waals surface area contributed by atoms with Crippen LogP contribution < -0.4 is 10.2 Å². The molecule has 0 unspecified atom stereocenters. The second kappa shape index (κ2) is 9.23. The van der Waals surface area contributed by atoms with Crippen molar-refractivity contribution in [2.24, 2.45) is 5.10 Å². The largest absolute Gasteiger partial charge is 0.484 e. The summed E-state index contributed by atoms with van der Waals surface area (Å²) in [6, 6.07) is 15.5. The molecule has 0 heterocycles. The van der Waals surface area contributed by atoms with Crippen LogP contribution in [-0.4, -0.2) is 18.2 Å². The molecule has 0 bridgehead atoms. The van der Waals surface area contributed by atoms with E-state index in [1.54, 1.807) is 0 Å². The molecule has 1 amide bonds. The van der Waals surface area contributed by atoms with Crippen molar-refractivity contribution in [2.75, 3.05) is 6.61 Å². The van der Waals surface area contributed by atoms with E-state index in [2.05, 4.69) is 33.4 Å². The summed E-state index contributed by atoms with van der Waals surface area (Å²) in [4.78, 5) is 12.0. The number of carbonyl (C=O) groups is 1. The number of hydrazone groups is 1. The van der Waals surface area contributed by atoms with E-state index >= 15 is 0 Å². The van der Waals surface area contributed by atoms with Crippen LogP contribution in [0.25, 0.3) is 0 Å². The zero-order valence-corrected chi connectivity index (χ0v) is 15.5. The van der Waals surface area contributed by atoms with E-state index in [9.17, 15) is 4.79 Å². The van der Waals surface area contributed by atoms with Crippen molar-refractivity contribution in [2.45, 2.75) is 26.7 Å². The lowest BCUT2D eigenvalue weighted by Gasteiger charge is -2.08. The van der Waals surface area contributed by atoms with Crippen molar-refractivity contribution >= 4 is 27.5 Å². The van der Waals surface area contributed by atoms with Gasteiger partial charge in [0.25, 0.3) is 5.91 Å². The number of carbonyl (C=O) groups excluding carboxylic acids is 1. The molecular weight excluding hydrogens is 368 g/mol. The second-order valence-electron chi connectivity index (χ2n) is 5.41. The van der Waals surface area contributed by atoms with Gasteiger partial charge in [-0.2, -0.15) is 5.10 Å². The zero-order valence-electron chi connectivity index (χ0n) is 13.9. The molecular formula is C19H21BrN2O2. The topological polar surface area (TPSA) is 50.7 Å². The molecule has 0 fully saturated rings. The molecule has 0 spiro atoms. The van der Waals surface area contributed by atoms with Crippen LogP contribution in [0.15, 0.2) is 58.1 Å². The van der Waals surface area contributed by atoms with Crippen molar-refractivity contribution in [1.29, 1.82) is 0 Å². The summed E-state index contributed by atoms with van der Waals surface area (Å²) in [5, 5.41) is 4.26. The van der Waals surface area contributed by atoms with Gasteiger partial charge in [0, 0.05) is 4.47 Å². The first-order valence-corrected chi connectivity index (χ1v) is 8.69. The fourth-order valence-corrected chi connectivity index (χ4v) is 2.40. The quantitative estimate of drug-likeness (QED) is 0.562. The van der Waals surface area contributed by atoms with Gasteiger partial charge in [-0.05, 0) is 42.7 Å². The summed E-state index contributed by atoms with van der Waals surface area (Å²) in [6.07, 6.45) is 1.76. The normalized spacial score (nSPS) is 11.2. The van der Waals surface area contributed by atoms with Crippen molar-refractivity contribution < 1.29 is 9.53 Å². The monoisotopic (exact) mass is 388 g/mol. The van der Waals surface area contributed by atoms with Crippen molar-refractivity contribution in [3.8, 4) is 5.75 Å². The third-order valence-corrected chi connectivity index (χ3v) is 4.30. The molecule has 0 saturated carbocycles. The van der Waals surface area contributed by atoms with Crippen LogP contribution in [0.2, 0.25) is 0 Å². The van der Waals surface area contributed by atoms with Crippen LogP contribution >= 0.6 is 15.9 Å². The molecule has 5 heteroatoms. The van der Waals surface area contributed by atoms with E-state index in [0.717, 1.165) is 34.2 Å². The van der Waals surface area contributed by atoms with Gasteiger partial charge in [-0.25, -0.2) is 5.43 Å². The lowest BCUT2D eigenvalue weighted by atomic mass is 10.1. The Bertz CT molecular complexity index is 715. The molecule has 0 aromatic heterocycles. The SMILES string of the molecule is CCCC(=NNC(=O)COc1ccc(Br)c(C)c1)c1ccccc1. The molecule has 2 aromatic rings. The van der Waals surface area contributed by atoms with Gasteiger partial charge in [-0.1, -0.05) is 59.6 Å². The van der Waals surface area contributed by atoms with Gasteiger partial charge in [-0.15, -0.1) is 0 Å². The number of rotatable bonds is 7. The number of nitrogens with zero attached hydrogens (tertiary/aromatic N) is 1. The fourth-order valence-electron chi connectivity index (χ4n) is 2.15. The molecule has 2 rings (SSSR count). The maximum Gasteiger partial charge on any atom is 0.277 e. The molecule has 126 valence electrons. The molecule has 1 N–H and O–H groups in total. The fraction of sp³-hybridized carbons (Fsp3) is 0.263. The van der Waals surface area contributed by atoms with Gasteiger partial charge < -0.3 is 4.74 Å². The minimum atomic E-state index is -0.278.